The van der Waals surface area contributed by atoms with Crippen molar-refractivity contribution in [2.24, 2.45) is 0 Å². The van der Waals surface area contributed by atoms with Crippen LogP contribution in [0.4, 0.5) is 5.69 Å². The molecule has 1 amide bonds. The molecule has 4 aromatic rings. The Bertz CT molecular complexity index is 1150. The highest BCUT2D eigenvalue weighted by Crippen LogP contribution is 2.28. The molecular weight excluding hydrogens is 378 g/mol. The molecule has 4 rings (SSSR count). The van der Waals surface area contributed by atoms with E-state index in [2.05, 4.69) is 54.1 Å². The molecule has 0 atom stereocenters. The number of aromatic nitrogens is 2. The first-order chi connectivity index (χ1) is 14.2. The van der Waals surface area contributed by atoms with Gasteiger partial charge in [-0.2, -0.15) is 0 Å². The van der Waals surface area contributed by atoms with Crippen LogP contribution in [0.5, 0.6) is 0 Å². The number of benzene rings is 3. The summed E-state index contributed by atoms with van der Waals surface area (Å²) < 4.78 is 2.12. The molecule has 0 aliphatic rings. The lowest BCUT2D eigenvalue weighted by atomic mass is 10.1. The van der Waals surface area contributed by atoms with E-state index < -0.39 is 0 Å². The van der Waals surface area contributed by atoms with Gasteiger partial charge >= 0.3 is 0 Å². The van der Waals surface area contributed by atoms with E-state index >= 15 is 0 Å². The molecule has 0 aliphatic carbocycles. The number of carbonyl (C=O) groups excluding carboxylic acids is 1. The van der Waals surface area contributed by atoms with Gasteiger partial charge in [0.2, 0.25) is 5.91 Å². The molecule has 0 spiro atoms. The minimum absolute atomic E-state index is 0.0292. The van der Waals surface area contributed by atoms with Crippen LogP contribution in [0.25, 0.3) is 16.7 Å². The van der Waals surface area contributed by atoms with Crippen molar-refractivity contribution >= 4 is 34.4 Å². The summed E-state index contributed by atoms with van der Waals surface area (Å²) in [6.45, 7) is 4.16. The Kier molecular flexibility index (Phi) is 5.67. The van der Waals surface area contributed by atoms with E-state index in [1.54, 1.807) is 0 Å². The predicted octanol–water partition coefficient (Wildman–Crippen LogP) is 5.63. The first-order valence-corrected chi connectivity index (χ1v) is 10.7. The Morgan fingerprint density at radius 1 is 1.00 bits per heavy atom. The zero-order valence-corrected chi connectivity index (χ0v) is 17.4. The Morgan fingerprint density at radius 3 is 2.52 bits per heavy atom. The van der Waals surface area contributed by atoms with E-state index in [0.29, 0.717) is 5.75 Å². The fraction of sp³-hybridized carbons (Fsp3) is 0.167. The first-order valence-electron chi connectivity index (χ1n) is 9.71. The lowest BCUT2D eigenvalue weighted by Gasteiger charge is -2.11. The van der Waals surface area contributed by atoms with Gasteiger partial charge in [-0.15, -0.1) is 0 Å². The van der Waals surface area contributed by atoms with Crippen molar-refractivity contribution in [3.05, 3.63) is 83.9 Å². The summed E-state index contributed by atoms with van der Waals surface area (Å²) in [5.74, 6) is 0.270. The Balaban J connectivity index is 1.58. The highest BCUT2D eigenvalue weighted by Gasteiger charge is 2.15. The lowest BCUT2D eigenvalue weighted by molar-refractivity contribution is -0.113. The standard InChI is InChI=1S/C24H23N3OS/c1-3-18-8-4-5-9-20(18)25-23(28)16-29-24-26-21-10-6-7-11-22(21)27(24)19-14-12-17(2)13-15-19/h4-15H,3,16H2,1-2H3,(H,25,28). The van der Waals surface area contributed by atoms with Gasteiger partial charge in [-0.25, -0.2) is 4.98 Å². The van der Waals surface area contributed by atoms with Crippen molar-refractivity contribution in [2.75, 3.05) is 11.1 Å². The van der Waals surface area contributed by atoms with Gasteiger partial charge in [0, 0.05) is 11.4 Å². The molecule has 4 nitrogen and oxygen atoms in total. The minimum Gasteiger partial charge on any atom is -0.325 e. The number of imidazole rings is 1. The summed E-state index contributed by atoms with van der Waals surface area (Å²) in [6.07, 6.45) is 0.882. The number of thioether (sulfide) groups is 1. The normalized spacial score (nSPS) is 11.0. The molecule has 0 saturated carbocycles. The summed E-state index contributed by atoms with van der Waals surface area (Å²) in [5.41, 5.74) is 6.23. The maximum absolute atomic E-state index is 12.6. The van der Waals surface area contributed by atoms with E-state index in [1.807, 2.05) is 42.5 Å². The van der Waals surface area contributed by atoms with Gasteiger partial charge in [0.1, 0.15) is 0 Å². The molecule has 1 aromatic heterocycles. The van der Waals surface area contributed by atoms with Crippen LogP contribution in [-0.4, -0.2) is 21.2 Å². The van der Waals surface area contributed by atoms with Gasteiger partial charge in [0.15, 0.2) is 5.16 Å². The van der Waals surface area contributed by atoms with Crippen LogP contribution in [0.1, 0.15) is 18.1 Å². The second-order valence-electron chi connectivity index (χ2n) is 6.90. The maximum atomic E-state index is 12.6. The zero-order chi connectivity index (χ0) is 20.2. The van der Waals surface area contributed by atoms with E-state index in [9.17, 15) is 4.79 Å². The molecule has 0 bridgehead atoms. The average molecular weight is 402 g/mol. The fourth-order valence-electron chi connectivity index (χ4n) is 3.31. The van der Waals surface area contributed by atoms with Crippen molar-refractivity contribution in [3.8, 4) is 5.69 Å². The van der Waals surface area contributed by atoms with Crippen molar-refractivity contribution < 1.29 is 4.79 Å². The fourth-order valence-corrected chi connectivity index (χ4v) is 4.14. The molecule has 5 heteroatoms. The van der Waals surface area contributed by atoms with Gasteiger partial charge in [0.05, 0.1) is 16.8 Å². The van der Waals surface area contributed by atoms with Gasteiger partial charge in [-0.1, -0.05) is 66.7 Å². The molecule has 146 valence electrons. The number of nitrogens with one attached hydrogen (secondary N) is 1. The topological polar surface area (TPSA) is 46.9 Å². The van der Waals surface area contributed by atoms with Crippen LogP contribution >= 0.6 is 11.8 Å². The molecule has 29 heavy (non-hydrogen) atoms. The summed E-state index contributed by atoms with van der Waals surface area (Å²) in [5, 5.41) is 3.85. The minimum atomic E-state index is -0.0292. The highest BCUT2D eigenvalue weighted by atomic mass is 32.2. The number of rotatable bonds is 6. The Morgan fingerprint density at radius 2 is 1.72 bits per heavy atom. The number of fused-ring (bicyclic) bond motifs is 1. The van der Waals surface area contributed by atoms with Crippen molar-refractivity contribution in [3.63, 3.8) is 0 Å². The molecule has 1 N–H and O–H groups in total. The summed E-state index contributed by atoms with van der Waals surface area (Å²) in [4.78, 5) is 17.4. The Labute approximate surface area is 175 Å². The number of anilines is 1. The second-order valence-corrected chi connectivity index (χ2v) is 7.84. The zero-order valence-electron chi connectivity index (χ0n) is 16.6. The van der Waals surface area contributed by atoms with Crippen LogP contribution < -0.4 is 5.32 Å². The number of aryl methyl sites for hydroxylation is 2. The highest BCUT2D eigenvalue weighted by molar-refractivity contribution is 7.99. The first kappa shape index (κ1) is 19.3. The molecule has 0 saturated heterocycles. The number of hydrogen-bond donors (Lipinski definition) is 1. The van der Waals surface area contributed by atoms with Gasteiger partial charge < -0.3 is 5.32 Å². The number of carbonyl (C=O) groups is 1. The van der Waals surface area contributed by atoms with E-state index in [-0.39, 0.29) is 5.91 Å². The van der Waals surface area contributed by atoms with Crippen LogP contribution in [0.3, 0.4) is 0 Å². The molecule has 0 radical (unpaired) electrons. The van der Waals surface area contributed by atoms with Gasteiger partial charge in [0.25, 0.3) is 0 Å². The van der Waals surface area contributed by atoms with Gasteiger partial charge in [-0.05, 0) is 49.2 Å². The second kappa shape index (κ2) is 8.53. The monoisotopic (exact) mass is 401 g/mol. The summed E-state index contributed by atoms with van der Waals surface area (Å²) in [7, 11) is 0. The number of nitrogens with zero attached hydrogens (tertiary/aromatic N) is 2. The van der Waals surface area contributed by atoms with Crippen molar-refractivity contribution in [1.29, 1.82) is 0 Å². The number of para-hydroxylation sites is 3. The largest absolute Gasteiger partial charge is 0.325 e. The third-order valence-electron chi connectivity index (χ3n) is 4.83. The number of amides is 1. The van der Waals surface area contributed by atoms with Crippen molar-refractivity contribution in [2.45, 2.75) is 25.4 Å². The van der Waals surface area contributed by atoms with Crippen LogP contribution in [-0.2, 0) is 11.2 Å². The molecule has 0 aliphatic heterocycles. The van der Waals surface area contributed by atoms with Crippen LogP contribution in [0.15, 0.2) is 78.0 Å². The third-order valence-corrected chi connectivity index (χ3v) is 5.77. The third kappa shape index (κ3) is 4.20. The summed E-state index contributed by atoms with van der Waals surface area (Å²) >= 11 is 1.45. The maximum Gasteiger partial charge on any atom is 0.234 e. The Hall–Kier alpha value is -3.05. The van der Waals surface area contributed by atoms with Gasteiger partial charge in [-0.3, -0.25) is 9.36 Å². The van der Waals surface area contributed by atoms with E-state index in [4.69, 9.17) is 4.98 Å². The SMILES string of the molecule is CCc1ccccc1NC(=O)CSc1nc2ccccc2n1-c1ccc(C)cc1. The predicted molar refractivity (Wildman–Crippen MR) is 121 cm³/mol. The summed E-state index contributed by atoms with van der Waals surface area (Å²) in [6, 6.07) is 24.3. The lowest BCUT2D eigenvalue weighted by Crippen LogP contribution is -2.15. The molecule has 0 fully saturated rings. The van der Waals surface area contributed by atoms with E-state index in [0.717, 1.165) is 39.5 Å². The molecule has 3 aromatic carbocycles. The smallest absolute Gasteiger partial charge is 0.234 e. The quantitative estimate of drug-likeness (QED) is 0.426. The number of hydrogen-bond acceptors (Lipinski definition) is 3. The molecule has 0 unspecified atom stereocenters. The van der Waals surface area contributed by atoms with Crippen LogP contribution in [0.2, 0.25) is 0 Å². The average Bonchev–Trinajstić information content (AvgIpc) is 3.12. The molecular formula is C24H23N3OS. The van der Waals surface area contributed by atoms with E-state index in [1.165, 1.54) is 17.3 Å². The van der Waals surface area contributed by atoms with Crippen molar-refractivity contribution in [1.82, 2.24) is 9.55 Å². The molecule has 1 heterocycles. The van der Waals surface area contributed by atoms with Crippen LogP contribution in [0, 0.1) is 6.92 Å².